The Hall–Kier alpha value is -3.05. The van der Waals surface area contributed by atoms with Crippen molar-refractivity contribution in [3.05, 3.63) is 71.6 Å². The van der Waals surface area contributed by atoms with Gasteiger partial charge in [0.2, 0.25) is 5.89 Å². The summed E-state index contributed by atoms with van der Waals surface area (Å²) in [6, 6.07) is 15.5. The minimum Gasteiger partial charge on any atom is -0.493 e. The van der Waals surface area contributed by atoms with Gasteiger partial charge in [0.15, 0.2) is 11.5 Å². The van der Waals surface area contributed by atoms with Gasteiger partial charge in [-0.2, -0.15) is 0 Å². The molecular formula is C22H23NO4. The highest BCUT2D eigenvalue weighted by atomic mass is 16.5. The Morgan fingerprint density at radius 2 is 1.93 bits per heavy atom. The third kappa shape index (κ3) is 4.77. The van der Waals surface area contributed by atoms with Gasteiger partial charge in [0, 0.05) is 12.0 Å². The lowest BCUT2D eigenvalue weighted by Crippen LogP contribution is -2.04. The molecule has 0 saturated heterocycles. The molecule has 5 nitrogen and oxygen atoms in total. The van der Waals surface area contributed by atoms with Crippen LogP contribution in [0.2, 0.25) is 0 Å². The van der Waals surface area contributed by atoms with Crippen molar-refractivity contribution in [2.75, 3.05) is 20.3 Å². The van der Waals surface area contributed by atoms with E-state index in [2.05, 4.69) is 4.98 Å². The van der Waals surface area contributed by atoms with Crippen LogP contribution in [0.15, 0.2) is 59.0 Å². The molecule has 1 aromatic heterocycles. The fraction of sp³-hybridized carbons (Fsp3) is 0.227. The zero-order chi connectivity index (χ0) is 19.1. The average molecular weight is 365 g/mol. The number of aromatic nitrogens is 1. The van der Waals surface area contributed by atoms with Crippen molar-refractivity contribution >= 4 is 6.08 Å². The summed E-state index contributed by atoms with van der Waals surface area (Å²) in [5, 5.41) is 8.87. The summed E-state index contributed by atoms with van der Waals surface area (Å²) in [6.07, 6.45) is 4.14. The van der Waals surface area contributed by atoms with E-state index in [9.17, 15) is 0 Å². The summed E-state index contributed by atoms with van der Waals surface area (Å²) in [5.74, 6) is 2.75. The van der Waals surface area contributed by atoms with Crippen molar-refractivity contribution in [2.24, 2.45) is 0 Å². The van der Waals surface area contributed by atoms with Gasteiger partial charge in [-0.05, 0) is 36.8 Å². The van der Waals surface area contributed by atoms with E-state index in [0.717, 1.165) is 22.6 Å². The number of rotatable bonds is 8. The summed E-state index contributed by atoms with van der Waals surface area (Å²) in [6.45, 7) is 2.38. The monoisotopic (exact) mass is 365 g/mol. The Kier molecular flexibility index (Phi) is 6.28. The Morgan fingerprint density at radius 1 is 1.11 bits per heavy atom. The molecule has 0 unspecified atom stereocenters. The van der Waals surface area contributed by atoms with E-state index in [-0.39, 0.29) is 6.61 Å². The molecule has 0 bridgehead atoms. The van der Waals surface area contributed by atoms with E-state index in [0.29, 0.717) is 30.4 Å². The maximum Gasteiger partial charge on any atom is 0.226 e. The standard InChI is InChI=1S/C22H23NO4/c1-16-19(23-22(27-16)18-8-4-3-5-9-18)12-14-26-20-11-10-17(7-6-13-24)15-21(20)25-2/h3-11,15,24H,12-14H2,1-2H3/b7-6+. The molecule has 2 aromatic carbocycles. The van der Waals surface area contributed by atoms with E-state index in [4.69, 9.17) is 19.0 Å². The van der Waals surface area contributed by atoms with Crippen LogP contribution in [0.5, 0.6) is 11.5 Å². The highest BCUT2D eigenvalue weighted by Crippen LogP contribution is 2.29. The number of aliphatic hydroxyl groups is 1. The van der Waals surface area contributed by atoms with E-state index in [1.165, 1.54) is 0 Å². The largest absolute Gasteiger partial charge is 0.493 e. The van der Waals surface area contributed by atoms with Gasteiger partial charge in [-0.25, -0.2) is 4.98 Å². The molecule has 0 aliphatic rings. The summed E-state index contributed by atoms with van der Waals surface area (Å²) < 4.78 is 17.1. The molecule has 5 heteroatoms. The minimum absolute atomic E-state index is 0.00257. The summed E-state index contributed by atoms with van der Waals surface area (Å²) >= 11 is 0. The molecule has 27 heavy (non-hydrogen) atoms. The fourth-order valence-corrected chi connectivity index (χ4v) is 2.72. The van der Waals surface area contributed by atoms with Crippen LogP contribution >= 0.6 is 0 Å². The number of nitrogens with zero attached hydrogens (tertiary/aromatic N) is 1. The Labute approximate surface area is 158 Å². The molecule has 140 valence electrons. The number of methoxy groups -OCH3 is 1. The van der Waals surface area contributed by atoms with Crippen molar-refractivity contribution in [3.63, 3.8) is 0 Å². The van der Waals surface area contributed by atoms with Gasteiger partial charge in [-0.15, -0.1) is 0 Å². The molecule has 0 spiro atoms. The first-order valence-electron chi connectivity index (χ1n) is 8.81. The van der Waals surface area contributed by atoms with Gasteiger partial charge in [-0.1, -0.05) is 36.4 Å². The number of aryl methyl sites for hydroxylation is 1. The number of hydrogen-bond acceptors (Lipinski definition) is 5. The Balaban J connectivity index is 1.65. The lowest BCUT2D eigenvalue weighted by molar-refractivity contribution is 0.296. The number of oxazole rings is 1. The van der Waals surface area contributed by atoms with Crippen LogP contribution in [0.4, 0.5) is 0 Å². The quantitative estimate of drug-likeness (QED) is 0.645. The van der Waals surface area contributed by atoms with Crippen molar-refractivity contribution in [3.8, 4) is 23.0 Å². The van der Waals surface area contributed by atoms with Crippen LogP contribution < -0.4 is 9.47 Å². The smallest absolute Gasteiger partial charge is 0.226 e. The molecule has 1 N–H and O–H groups in total. The number of ether oxygens (including phenoxy) is 2. The van der Waals surface area contributed by atoms with E-state index < -0.39 is 0 Å². The first kappa shape index (κ1) is 18.7. The van der Waals surface area contributed by atoms with E-state index in [1.807, 2.05) is 61.5 Å². The number of hydrogen-bond donors (Lipinski definition) is 1. The van der Waals surface area contributed by atoms with Gasteiger partial charge < -0.3 is 19.0 Å². The summed E-state index contributed by atoms with van der Waals surface area (Å²) in [7, 11) is 1.61. The molecule has 0 saturated carbocycles. The normalized spacial score (nSPS) is 11.1. The molecule has 0 aliphatic heterocycles. The number of aliphatic hydroxyl groups excluding tert-OH is 1. The third-order valence-electron chi connectivity index (χ3n) is 4.11. The minimum atomic E-state index is 0.00257. The summed E-state index contributed by atoms with van der Waals surface area (Å²) in [4.78, 5) is 4.59. The van der Waals surface area contributed by atoms with Crippen LogP contribution in [0, 0.1) is 6.92 Å². The first-order chi connectivity index (χ1) is 13.2. The Morgan fingerprint density at radius 3 is 2.67 bits per heavy atom. The summed E-state index contributed by atoms with van der Waals surface area (Å²) in [5.41, 5.74) is 2.78. The van der Waals surface area contributed by atoms with Crippen molar-refractivity contribution < 1.29 is 19.0 Å². The molecule has 0 radical (unpaired) electrons. The lowest BCUT2D eigenvalue weighted by atomic mass is 10.2. The second kappa shape index (κ2) is 9.05. The molecule has 3 aromatic rings. The van der Waals surface area contributed by atoms with Crippen LogP contribution in [-0.2, 0) is 6.42 Å². The van der Waals surface area contributed by atoms with Crippen molar-refractivity contribution in [1.29, 1.82) is 0 Å². The zero-order valence-corrected chi connectivity index (χ0v) is 15.5. The maximum absolute atomic E-state index is 8.87. The van der Waals surface area contributed by atoms with Crippen molar-refractivity contribution in [2.45, 2.75) is 13.3 Å². The lowest BCUT2D eigenvalue weighted by Gasteiger charge is -2.11. The predicted octanol–water partition coefficient (Wildman–Crippen LogP) is 4.29. The topological polar surface area (TPSA) is 64.7 Å². The number of benzene rings is 2. The van der Waals surface area contributed by atoms with Gasteiger partial charge in [0.05, 0.1) is 26.0 Å². The molecule has 0 aliphatic carbocycles. The van der Waals surface area contributed by atoms with Gasteiger partial charge >= 0.3 is 0 Å². The van der Waals surface area contributed by atoms with E-state index >= 15 is 0 Å². The van der Waals surface area contributed by atoms with Gasteiger partial charge in [0.1, 0.15) is 5.76 Å². The predicted molar refractivity (Wildman–Crippen MR) is 105 cm³/mol. The van der Waals surface area contributed by atoms with Crippen LogP contribution in [0.25, 0.3) is 17.5 Å². The molecule has 0 amide bonds. The molecule has 3 rings (SSSR count). The molecule has 0 fully saturated rings. The van der Waals surface area contributed by atoms with Crippen LogP contribution in [0.3, 0.4) is 0 Å². The third-order valence-corrected chi connectivity index (χ3v) is 4.11. The SMILES string of the molecule is COc1cc(/C=C/CO)ccc1OCCc1nc(-c2ccccc2)oc1C. The maximum atomic E-state index is 8.87. The van der Waals surface area contributed by atoms with Crippen LogP contribution in [0.1, 0.15) is 17.0 Å². The highest BCUT2D eigenvalue weighted by molar-refractivity contribution is 5.56. The van der Waals surface area contributed by atoms with Crippen molar-refractivity contribution in [1.82, 2.24) is 4.98 Å². The Bertz CT molecular complexity index is 900. The second-order valence-electron chi connectivity index (χ2n) is 5.98. The molecule has 1 heterocycles. The zero-order valence-electron chi connectivity index (χ0n) is 15.5. The van der Waals surface area contributed by atoms with Gasteiger partial charge in [-0.3, -0.25) is 0 Å². The van der Waals surface area contributed by atoms with E-state index in [1.54, 1.807) is 13.2 Å². The first-order valence-corrected chi connectivity index (χ1v) is 8.81. The fourth-order valence-electron chi connectivity index (χ4n) is 2.72. The molecular weight excluding hydrogens is 342 g/mol. The van der Waals surface area contributed by atoms with Gasteiger partial charge in [0.25, 0.3) is 0 Å². The highest BCUT2D eigenvalue weighted by Gasteiger charge is 2.12. The van der Waals surface area contributed by atoms with Crippen LogP contribution in [-0.4, -0.2) is 30.4 Å². The second-order valence-corrected chi connectivity index (χ2v) is 5.98. The molecule has 0 atom stereocenters. The average Bonchev–Trinajstić information content (AvgIpc) is 3.08.